The van der Waals surface area contributed by atoms with Gasteiger partial charge < -0.3 is 10.4 Å². The van der Waals surface area contributed by atoms with Crippen molar-refractivity contribution >= 4 is 0 Å². The molecule has 0 unspecified atom stereocenters. The Hall–Kier alpha value is -1.02. The molecule has 0 heterocycles. The van der Waals surface area contributed by atoms with Crippen LogP contribution in [0.3, 0.4) is 0 Å². The Balaban J connectivity index is 1.77. The van der Waals surface area contributed by atoms with E-state index in [1.165, 1.54) is 31.2 Å². The second-order valence-electron chi connectivity index (χ2n) is 5.29. The van der Waals surface area contributed by atoms with Gasteiger partial charge in [-0.1, -0.05) is 31.9 Å². The van der Waals surface area contributed by atoms with Gasteiger partial charge in [-0.2, -0.15) is 0 Å². The molecule has 0 spiro atoms. The van der Waals surface area contributed by atoms with Crippen LogP contribution in [-0.4, -0.2) is 11.7 Å². The first-order valence-corrected chi connectivity index (χ1v) is 6.17. The second-order valence-corrected chi connectivity index (χ2v) is 5.29. The lowest BCUT2D eigenvalue weighted by Crippen LogP contribution is -2.29. The third-order valence-corrected chi connectivity index (χ3v) is 3.63. The number of hydrogen-bond donors (Lipinski definition) is 2. The molecule has 88 valence electrons. The highest BCUT2D eigenvalue weighted by Crippen LogP contribution is 2.36. The Morgan fingerprint density at radius 3 is 2.44 bits per heavy atom. The van der Waals surface area contributed by atoms with Gasteiger partial charge in [0.1, 0.15) is 5.75 Å². The van der Waals surface area contributed by atoms with Crippen LogP contribution in [0.1, 0.15) is 38.2 Å². The number of nitrogens with one attached hydrogen (secondary N) is 1. The largest absolute Gasteiger partial charge is 0.508 e. The van der Waals surface area contributed by atoms with Crippen LogP contribution < -0.4 is 5.32 Å². The average molecular weight is 219 g/mol. The molecule has 0 amide bonds. The van der Waals surface area contributed by atoms with E-state index >= 15 is 0 Å². The monoisotopic (exact) mass is 219 g/mol. The number of phenols is 1. The van der Waals surface area contributed by atoms with Gasteiger partial charge in [-0.3, -0.25) is 0 Å². The molecule has 1 aliphatic rings. The Bertz CT molecular complexity index is 325. The van der Waals surface area contributed by atoms with Gasteiger partial charge in [0.05, 0.1) is 0 Å². The summed E-state index contributed by atoms with van der Waals surface area (Å²) in [6, 6.07) is 7.43. The maximum Gasteiger partial charge on any atom is 0.115 e. The van der Waals surface area contributed by atoms with Gasteiger partial charge >= 0.3 is 0 Å². The normalized spacial score (nSPS) is 18.8. The number of benzene rings is 1. The van der Waals surface area contributed by atoms with Crippen molar-refractivity contribution in [3.8, 4) is 5.75 Å². The fourth-order valence-electron chi connectivity index (χ4n) is 2.53. The van der Waals surface area contributed by atoms with Gasteiger partial charge in [-0.15, -0.1) is 0 Å². The summed E-state index contributed by atoms with van der Waals surface area (Å²) in [5.41, 5.74) is 1.75. The number of phenolic OH excluding ortho intramolecular Hbond substituents is 1. The highest BCUT2D eigenvalue weighted by atomic mass is 16.3. The van der Waals surface area contributed by atoms with Gasteiger partial charge in [0, 0.05) is 13.1 Å². The van der Waals surface area contributed by atoms with Crippen LogP contribution in [0.2, 0.25) is 0 Å². The van der Waals surface area contributed by atoms with Crippen LogP contribution >= 0.6 is 0 Å². The number of hydrogen-bond acceptors (Lipinski definition) is 2. The molecule has 2 heteroatoms. The van der Waals surface area contributed by atoms with Gasteiger partial charge in [-0.25, -0.2) is 0 Å². The minimum Gasteiger partial charge on any atom is -0.508 e. The smallest absolute Gasteiger partial charge is 0.115 e. The molecule has 0 aromatic heterocycles. The van der Waals surface area contributed by atoms with E-state index in [4.69, 9.17) is 0 Å². The lowest BCUT2D eigenvalue weighted by molar-refractivity contribution is 0.314. The topological polar surface area (TPSA) is 32.3 Å². The summed E-state index contributed by atoms with van der Waals surface area (Å²) in [7, 11) is 0. The lowest BCUT2D eigenvalue weighted by atomic mass is 9.89. The molecular weight excluding hydrogens is 198 g/mol. The van der Waals surface area contributed by atoms with Crippen molar-refractivity contribution in [2.45, 2.75) is 39.2 Å². The van der Waals surface area contributed by atoms with Crippen molar-refractivity contribution in [3.63, 3.8) is 0 Å². The van der Waals surface area contributed by atoms with Gasteiger partial charge in [-0.05, 0) is 36.0 Å². The van der Waals surface area contributed by atoms with Crippen LogP contribution in [0.4, 0.5) is 0 Å². The SMILES string of the molecule is CC1(CNCc2ccc(O)cc2)CCCC1. The summed E-state index contributed by atoms with van der Waals surface area (Å²) in [4.78, 5) is 0. The Kier molecular flexibility index (Phi) is 3.49. The average Bonchev–Trinajstić information content (AvgIpc) is 2.69. The third kappa shape index (κ3) is 2.99. The summed E-state index contributed by atoms with van der Waals surface area (Å²) in [6.45, 7) is 4.38. The highest BCUT2D eigenvalue weighted by Gasteiger charge is 2.27. The lowest BCUT2D eigenvalue weighted by Gasteiger charge is -2.23. The molecule has 0 bridgehead atoms. The summed E-state index contributed by atoms with van der Waals surface area (Å²) >= 11 is 0. The minimum atomic E-state index is 0.339. The van der Waals surface area contributed by atoms with E-state index in [1.807, 2.05) is 12.1 Å². The molecule has 1 fully saturated rings. The quantitative estimate of drug-likeness (QED) is 0.815. The van der Waals surface area contributed by atoms with E-state index in [2.05, 4.69) is 12.2 Å². The van der Waals surface area contributed by atoms with E-state index in [9.17, 15) is 5.11 Å². The van der Waals surface area contributed by atoms with Crippen molar-refractivity contribution in [1.82, 2.24) is 5.32 Å². The summed E-state index contributed by atoms with van der Waals surface area (Å²) in [6.07, 6.45) is 5.49. The molecule has 16 heavy (non-hydrogen) atoms. The van der Waals surface area contributed by atoms with Gasteiger partial charge in [0.15, 0.2) is 0 Å². The number of aromatic hydroxyl groups is 1. The fraction of sp³-hybridized carbons (Fsp3) is 0.571. The summed E-state index contributed by atoms with van der Waals surface area (Å²) < 4.78 is 0. The molecule has 0 aliphatic heterocycles. The van der Waals surface area contributed by atoms with Crippen LogP contribution in [0.5, 0.6) is 5.75 Å². The van der Waals surface area contributed by atoms with Crippen molar-refractivity contribution < 1.29 is 5.11 Å². The van der Waals surface area contributed by atoms with Crippen molar-refractivity contribution in [1.29, 1.82) is 0 Å². The molecule has 1 saturated carbocycles. The third-order valence-electron chi connectivity index (χ3n) is 3.63. The zero-order valence-corrected chi connectivity index (χ0v) is 10.00. The van der Waals surface area contributed by atoms with Gasteiger partial charge in [0.2, 0.25) is 0 Å². The van der Waals surface area contributed by atoms with E-state index in [0.717, 1.165) is 13.1 Å². The molecule has 2 nitrogen and oxygen atoms in total. The zero-order chi connectivity index (χ0) is 11.4. The molecule has 0 saturated heterocycles. The highest BCUT2D eigenvalue weighted by molar-refractivity contribution is 5.25. The molecule has 1 aromatic carbocycles. The van der Waals surface area contributed by atoms with E-state index in [1.54, 1.807) is 12.1 Å². The zero-order valence-electron chi connectivity index (χ0n) is 10.00. The summed E-state index contributed by atoms with van der Waals surface area (Å²) in [5.74, 6) is 0.339. The van der Waals surface area contributed by atoms with E-state index < -0.39 is 0 Å². The van der Waals surface area contributed by atoms with Crippen LogP contribution in [0.25, 0.3) is 0 Å². The van der Waals surface area contributed by atoms with Gasteiger partial charge in [0.25, 0.3) is 0 Å². The first-order chi connectivity index (χ1) is 7.68. The molecule has 1 aliphatic carbocycles. The summed E-state index contributed by atoms with van der Waals surface area (Å²) in [5, 5.41) is 12.7. The molecule has 2 rings (SSSR count). The standard InChI is InChI=1S/C14H21NO/c1-14(8-2-3-9-14)11-15-10-12-4-6-13(16)7-5-12/h4-7,15-16H,2-3,8-11H2,1H3. The Labute approximate surface area is 97.7 Å². The molecular formula is C14H21NO. The predicted octanol–water partition coefficient (Wildman–Crippen LogP) is 3.06. The van der Waals surface area contributed by atoms with Crippen molar-refractivity contribution in [2.75, 3.05) is 6.54 Å². The Morgan fingerprint density at radius 2 is 1.81 bits per heavy atom. The minimum absolute atomic E-state index is 0.339. The van der Waals surface area contributed by atoms with E-state index in [0.29, 0.717) is 11.2 Å². The van der Waals surface area contributed by atoms with Crippen LogP contribution in [0.15, 0.2) is 24.3 Å². The molecule has 1 aromatic rings. The molecule has 0 radical (unpaired) electrons. The van der Waals surface area contributed by atoms with Crippen LogP contribution in [-0.2, 0) is 6.54 Å². The van der Waals surface area contributed by atoms with Crippen molar-refractivity contribution in [3.05, 3.63) is 29.8 Å². The van der Waals surface area contributed by atoms with Crippen LogP contribution in [0, 0.1) is 5.41 Å². The Morgan fingerprint density at radius 1 is 1.19 bits per heavy atom. The molecule has 2 N–H and O–H groups in total. The number of rotatable bonds is 4. The first-order valence-electron chi connectivity index (χ1n) is 6.17. The maximum atomic E-state index is 9.18. The molecule has 0 atom stereocenters. The fourth-order valence-corrected chi connectivity index (χ4v) is 2.53. The maximum absolute atomic E-state index is 9.18. The van der Waals surface area contributed by atoms with E-state index in [-0.39, 0.29) is 0 Å². The second kappa shape index (κ2) is 4.88. The predicted molar refractivity (Wildman–Crippen MR) is 66.4 cm³/mol. The first kappa shape index (κ1) is 11.5. The van der Waals surface area contributed by atoms with Crippen molar-refractivity contribution in [2.24, 2.45) is 5.41 Å².